The molecule has 1 aromatic heterocycles. The summed E-state index contributed by atoms with van der Waals surface area (Å²) in [5.41, 5.74) is 0.612. The van der Waals surface area contributed by atoms with E-state index in [1.54, 1.807) is 23.4 Å². The SMILES string of the molecule is CCC(C)CN(C)C(=O)c1csc(C=CC(=O)O)c1. The summed E-state index contributed by atoms with van der Waals surface area (Å²) in [4.78, 5) is 25.0. The second kappa shape index (κ2) is 7.09. The summed E-state index contributed by atoms with van der Waals surface area (Å²) in [6.45, 7) is 4.94. The van der Waals surface area contributed by atoms with Gasteiger partial charge in [0, 0.05) is 29.9 Å². The highest BCUT2D eigenvalue weighted by molar-refractivity contribution is 7.11. The summed E-state index contributed by atoms with van der Waals surface area (Å²) < 4.78 is 0. The molecule has 1 heterocycles. The van der Waals surface area contributed by atoms with Crippen LogP contribution in [0.25, 0.3) is 6.08 Å². The first-order chi connectivity index (χ1) is 8.93. The van der Waals surface area contributed by atoms with E-state index in [-0.39, 0.29) is 5.91 Å². The van der Waals surface area contributed by atoms with Crippen LogP contribution in [0.4, 0.5) is 0 Å². The average Bonchev–Trinajstić information content (AvgIpc) is 2.83. The third-order valence-electron chi connectivity index (χ3n) is 2.89. The Hall–Kier alpha value is -1.62. The molecule has 1 atom stereocenters. The number of nitrogens with zero attached hydrogens (tertiary/aromatic N) is 1. The lowest BCUT2D eigenvalue weighted by Gasteiger charge is -2.20. The van der Waals surface area contributed by atoms with E-state index in [9.17, 15) is 9.59 Å². The number of hydrogen-bond donors (Lipinski definition) is 1. The predicted molar refractivity (Wildman–Crippen MR) is 77.4 cm³/mol. The second-order valence-electron chi connectivity index (χ2n) is 4.61. The largest absolute Gasteiger partial charge is 0.478 e. The van der Waals surface area contributed by atoms with Crippen molar-refractivity contribution in [2.45, 2.75) is 20.3 Å². The predicted octanol–water partition coefficient (Wildman–Crippen LogP) is 2.96. The van der Waals surface area contributed by atoms with Crippen molar-refractivity contribution in [1.29, 1.82) is 0 Å². The van der Waals surface area contributed by atoms with Crippen LogP contribution in [0.5, 0.6) is 0 Å². The van der Waals surface area contributed by atoms with E-state index in [1.807, 2.05) is 0 Å². The summed E-state index contributed by atoms with van der Waals surface area (Å²) in [6.07, 6.45) is 3.61. The van der Waals surface area contributed by atoms with Crippen LogP contribution >= 0.6 is 11.3 Å². The average molecular weight is 281 g/mol. The van der Waals surface area contributed by atoms with Crippen molar-refractivity contribution in [2.75, 3.05) is 13.6 Å². The molecular weight excluding hydrogens is 262 g/mol. The smallest absolute Gasteiger partial charge is 0.328 e. The van der Waals surface area contributed by atoms with Gasteiger partial charge in [0.25, 0.3) is 5.91 Å². The maximum Gasteiger partial charge on any atom is 0.328 e. The molecule has 0 aliphatic carbocycles. The third kappa shape index (κ3) is 4.87. The number of carbonyl (C=O) groups excluding carboxylic acids is 1. The van der Waals surface area contributed by atoms with Crippen molar-refractivity contribution < 1.29 is 14.7 Å². The maximum atomic E-state index is 12.1. The number of thiophene rings is 1. The summed E-state index contributed by atoms with van der Waals surface area (Å²) in [6, 6.07) is 1.72. The molecule has 104 valence electrons. The Labute approximate surface area is 117 Å². The number of carboxylic acid groups (broad SMARTS) is 1. The first-order valence-corrected chi connectivity index (χ1v) is 7.07. The molecule has 0 aliphatic rings. The lowest BCUT2D eigenvalue weighted by molar-refractivity contribution is -0.131. The van der Waals surface area contributed by atoms with Gasteiger partial charge in [0.15, 0.2) is 0 Å². The highest BCUT2D eigenvalue weighted by Crippen LogP contribution is 2.18. The number of carboxylic acids is 1. The zero-order valence-electron chi connectivity index (χ0n) is 11.4. The molecule has 0 bridgehead atoms. The topological polar surface area (TPSA) is 57.6 Å². The molecule has 0 aliphatic heterocycles. The minimum absolute atomic E-state index is 0.0217. The van der Waals surface area contributed by atoms with Crippen molar-refractivity contribution in [3.8, 4) is 0 Å². The Bertz CT molecular complexity index is 479. The van der Waals surface area contributed by atoms with Gasteiger partial charge in [-0.1, -0.05) is 20.3 Å². The maximum absolute atomic E-state index is 12.1. The van der Waals surface area contributed by atoms with E-state index in [4.69, 9.17) is 5.11 Å². The molecule has 5 heteroatoms. The molecule has 4 nitrogen and oxygen atoms in total. The van der Waals surface area contributed by atoms with Crippen molar-refractivity contribution in [3.63, 3.8) is 0 Å². The summed E-state index contributed by atoms with van der Waals surface area (Å²) >= 11 is 1.36. The van der Waals surface area contributed by atoms with Gasteiger partial charge in [0.2, 0.25) is 0 Å². The zero-order chi connectivity index (χ0) is 14.4. The number of aliphatic carboxylic acids is 1. The number of rotatable bonds is 6. The fraction of sp³-hybridized carbons (Fsp3) is 0.429. The molecular formula is C14H19NO3S. The molecule has 1 rings (SSSR count). The van der Waals surface area contributed by atoms with Crippen LogP contribution in [0.3, 0.4) is 0 Å². The van der Waals surface area contributed by atoms with E-state index in [0.717, 1.165) is 23.9 Å². The molecule has 0 spiro atoms. The molecule has 0 radical (unpaired) electrons. The molecule has 0 fully saturated rings. The Morgan fingerprint density at radius 1 is 1.53 bits per heavy atom. The molecule has 1 amide bonds. The van der Waals surface area contributed by atoms with E-state index in [0.29, 0.717) is 11.5 Å². The van der Waals surface area contributed by atoms with E-state index < -0.39 is 5.97 Å². The lowest BCUT2D eigenvalue weighted by Crippen LogP contribution is -2.30. The van der Waals surface area contributed by atoms with Crippen molar-refractivity contribution >= 4 is 29.3 Å². The molecule has 0 aromatic carbocycles. The van der Waals surface area contributed by atoms with Crippen molar-refractivity contribution in [1.82, 2.24) is 4.90 Å². The summed E-state index contributed by atoms with van der Waals surface area (Å²) in [5, 5.41) is 10.3. The van der Waals surface area contributed by atoms with Crippen LogP contribution < -0.4 is 0 Å². The van der Waals surface area contributed by atoms with E-state index in [1.165, 1.54) is 17.4 Å². The number of amides is 1. The van der Waals surface area contributed by atoms with Gasteiger partial charge >= 0.3 is 5.97 Å². The fourth-order valence-electron chi connectivity index (χ4n) is 1.61. The molecule has 0 saturated carbocycles. The Morgan fingerprint density at radius 2 is 2.21 bits per heavy atom. The molecule has 1 unspecified atom stereocenters. The monoisotopic (exact) mass is 281 g/mol. The van der Waals surface area contributed by atoms with Crippen LogP contribution in [0, 0.1) is 5.92 Å². The van der Waals surface area contributed by atoms with Gasteiger partial charge in [-0.2, -0.15) is 0 Å². The van der Waals surface area contributed by atoms with Crippen molar-refractivity contribution in [3.05, 3.63) is 28.0 Å². The van der Waals surface area contributed by atoms with Gasteiger partial charge in [0.05, 0.1) is 5.56 Å². The zero-order valence-corrected chi connectivity index (χ0v) is 12.2. The van der Waals surface area contributed by atoms with Gasteiger partial charge in [-0.25, -0.2) is 4.79 Å². The van der Waals surface area contributed by atoms with Crippen LogP contribution in [-0.4, -0.2) is 35.5 Å². The van der Waals surface area contributed by atoms with Crippen LogP contribution in [0.1, 0.15) is 35.5 Å². The lowest BCUT2D eigenvalue weighted by atomic mass is 10.1. The first kappa shape index (κ1) is 15.4. The van der Waals surface area contributed by atoms with Gasteiger partial charge in [-0.15, -0.1) is 11.3 Å². The van der Waals surface area contributed by atoms with E-state index in [2.05, 4.69) is 13.8 Å². The van der Waals surface area contributed by atoms with Crippen molar-refractivity contribution in [2.24, 2.45) is 5.92 Å². The first-order valence-electron chi connectivity index (χ1n) is 6.19. The van der Waals surface area contributed by atoms with Gasteiger partial charge in [0.1, 0.15) is 0 Å². The normalized spacial score (nSPS) is 12.6. The third-order valence-corrected chi connectivity index (χ3v) is 3.78. The summed E-state index contributed by atoms with van der Waals surface area (Å²) in [5.74, 6) is -0.541. The van der Waals surface area contributed by atoms with Gasteiger partial charge in [-0.3, -0.25) is 4.79 Å². The standard InChI is InChI=1S/C14H19NO3S/c1-4-10(2)8-15(3)14(18)11-7-12(19-9-11)5-6-13(16)17/h5-7,9-10H,4,8H2,1-3H3,(H,16,17). The minimum atomic E-state index is -0.991. The second-order valence-corrected chi connectivity index (χ2v) is 5.55. The quantitative estimate of drug-likeness (QED) is 0.816. The highest BCUT2D eigenvalue weighted by Gasteiger charge is 2.14. The number of carbonyl (C=O) groups is 2. The summed E-state index contributed by atoms with van der Waals surface area (Å²) in [7, 11) is 1.79. The number of hydrogen-bond acceptors (Lipinski definition) is 3. The fourth-order valence-corrected chi connectivity index (χ4v) is 2.38. The Morgan fingerprint density at radius 3 is 2.79 bits per heavy atom. The van der Waals surface area contributed by atoms with Crippen LogP contribution in [0.2, 0.25) is 0 Å². The Kier molecular flexibility index (Phi) is 5.76. The van der Waals surface area contributed by atoms with Gasteiger partial charge in [-0.05, 0) is 18.1 Å². The van der Waals surface area contributed by atoms with E-state index >= 15 is 0 Å². The molecule has 19 heavy (non-hydrogen) atoms. The minimum Gasteiger partial charge on any atom is -0.478 e. The highest BCUT2D eigenvalue weighted by atomic mass is 32.1. The van der Waals surface area contributed by atoms with Crippen LogP contribution in [0.15, 0.2) is 17.5 Å². The molecule has 0 saturated heterocycles. The molecule has 1 aromatic rings. The molecule has 1 N–H and O–H groups in total. The van der Waals surface area contributed by atoms with Gasteiger partial charge < -0.3 is 10.0 Å². The Balaban J connectivity index is 2.70. The van der Waals surface area contributed by atoms with Crippen LogP contribution in [-0.2, 0) is 4.79 Å².